The number of nitrogens with zero attached hydrogens (tertiary/aromatic N) is 2. The smallest absolute Gasteiger partial charge is 0.112 e. The summed E-state index contributed by atoms with van der Waals surface area (Å²) in [7, 11) is 0. The Morgan fingerprint density at radius 1 is 1.38 bits per heavy atom. The zero-order chi connectivity index (χ0) is 14.9. The highest BCUT2D eigenvalue weighted by atomic mass is 16.3. The first-order valence-corrected chi connectivity index (χ1v) is 8.05. The Balaban J connectivity index is 1.96. The maximum absolute atomic E-state index is 11.1. The summed E-state index contributed by atoms with van der Waals surface area (Å²) in [6.45, 7) is 6.98. The zero-order valence-electron chi connectivity index (χ0n) is 13.0. The Bertz CT molecular complexity index is 622. The monoisotopic (exact) mass is 287 g/mol. The van der Waals surface area contributed by atoms with Crippen LogP contribution in [0.5, 0.6) is 0 Å². The molecule has 2 heterocycles. The van der Waals surface area contributed by atoms with Gasteiger partial charge in [-0.1, -0.05) is 19.1 Å². The summed E-state index contributed by atoms with van der Waals surface area (Å²) < 4.78 is 2.24. The van der Waals surface area contributed by atoms with Crippen molar-refractivity contribution in [2.45, 2.75) is 45.3 Å². The molecule has 0 bridgehead atoms. The van der Waals surface area contributed by atoms with E-state index < -0.39 is 5.60 Å². The summed E-state index contributed by atoms with van der Waals surface area (Å²) in [5.74, 6) is 1.32. The number of hydrogen-bond donors (Lipinski definition) is 2. The van der Waals surface area contributed by atoms with Gasteiger partial charge in [-0.05, 0) is 38.4 Å². The minimum Gasteiger partial charge on any atom is -0.389 e. The van der Waals surface area contributed by atoms with E-state index in [9.17, 15) is 5.11 Å². The van der Waals surface area contributed by atoms with Crippen molar-refractivity contribution < 1.29 is 5.11 Å². The van der Waals surface area contributed by atoms with Gasteiger partial charge in [0.1, 0.15) is 5.82 Å². The van der Waals surface area contributed by atoms with Gasteiger partial charge in [0, 0.05) is 25.4 Å². The van der Waals surface area contributed by atoms with Crippen molar-refractivity contribution in [2.75, 3.05) is 13.1 Å². The summed E-state index contributed by atoms with van der Waals surface area (Å²) in [6, 6.07) is 8.23. The molecular weight excluding hydrogens is 262 g/mol. The molecule has 3 rings (SSSR count). The van der Waals surface area contributed by atoms with Gasteiger partial charge in [0.15, 0.2) is 0 Å². The molecule has 4 heteroatoms. The molecule has 114 valence electrons. The number of rotatable bonds is 4. The van der Waals surface area contributed by atoms with Crippen LogP contribution < -0.4 is 5.32 Å². The number of hydrogen-bond acceptors (Lipinski definition) is 3. The molecular formula is C17H25N3O. The first kappa shape index (κ1) is 14.5. The molecule has 21 heavy (non-hydrogen) atoms. The van der Waals surface area contributed by atoms with Gasteiger partial charge < -0.3 is 15.0 Å². The molecule has 2 aromatic rings. The predicted octanol–water partition coefficient (Wildman–Crippen LogP) is 2.35. The average molecular weight is 287 g/mol. The highest BCUT2D eigenvalue weighted by molar-refractivity contribution is 5.75. The van der Waals surface area contributed by atoms with E-state index in [-0.39, 0.29) is 0 Å². The van der Waals surface area contributed by atoms with Crippen LogP contribution in [0, 0.1) is 5.92 Å². The second-order valence-electron chi connectivity index (χ2n) is 6.10. The Hall–Kier alpha value is -1.39. The lowest BCUT2D eigenvalue weighted by Crippen LogP contribution is -2.51. The van der Waals surface area contributed by atoms with Gasteiger partial charge in [-0.15, -0.1) is 0 Å². The molecule has 2 atom stereocenters. The molecule has 1 aromatic heterocycles. The summed E-state index contributed by atoms with van der Waals surface area (Å²) in [4.78, 5) is 4.77. The third-order valence-electron chi connectivity index (χ3n) is 4.89. The molecule has 4 nitrogen and oxygen atoms in total. The zero-order valence-corrected chi connectivity index (χ0v) is 13.0. The van der Waals surface area contributed by atoms with Gasteiger partial charge in [-0.2, -0.15) is 0 Å². The lowest BCUT2D eigenvalue weighted by atomic mass is 9.77. The van der Waals surface area contributed by atoms with Gasteiger partial charge in [0.25, 0.3) is 0 Å². The normalized spacial score (nSPS) is 26.3. The topological polar surface area (TPSA) is 50.1 Å². The maximum atomic E-state index is 11.1. The Labute approximate surface area is 126 Å². The van der Waals surface area contributed by atoms with Crippen LogP contribution in [-0.2, 0) is 13.0 Å². The van der Waals surface area contributed by atoms with Crippen LogP contribution in [0.15, 0.2) is 24.3 Å². The fraction of sp³-hybridized carbons (Fsp3) is 0.588. The average Bonchev–Trinajstić information content (AvgIpc) is 2.84. The summed E-state index contributed by atoms with van der Waals surface area (Å²) >= 11 is 0. The fourth-order valence-corrected chi connectivity index (χ4v) is 3.62. The lowest BCUT2D eigenvalue weighted by molar-refractivity contribution is -0.0433. The highest BCUT2D eigenvalue weighted by Crippen LogP contribution is 2.31. The second-order valence-corrected chi connectivity index (χ2v) is 6.10. The van der Waals surface area contributed by atoms with Crippen LogP contribution in [0.3, 0.4) is 0 Å². The van der Waals surface area contributed by atoms with E-state index in [1.807, 2.05) is 12.1 Å². The molecule has 1 fully saturated rings. The summed E-state index contributed by atoms with van der Waals surface area (Å²) in [5, 5.41) is 14.5. The van der Waals surface area contributed by atoms with Gasteiger partial charge in [0.05, 0.1) is 16.6 Å². The number of fused-ring (bicyclic) bond motifs is 1. The van der Waals surface area contributed by atoms with Crippen LogP contribution in [0.4, 0.5) is 0 Å². The van der Waals surface area contributed by atoms with E-state index in [0.717, 1.165) is 43.8 Å². The quantitative estimate of drug-likeness (QED) is 0.907. The van der Waals surface area contributed by atoms with E-state index >= 15 is 0 Å². The third kappa shape index (κ3) is 2.58. The number of nitrogens with one attached hydrogen (secondary N) is 1. The van der Waals surface area contributed by atoms with Crippen LogP contribution in [0.2, 0.25) is 0 Å². The van der Waals surface area contributed by atoms with Gasteiger partial charge >= 0.3 is 0 Å². The standard InChI is InChI=1S/C17H25N3O/c1-3-13-12-18-10-9-17(13,21)11-16-19-14-7-5-6-8-15(14)20(16)4-2/h5-8,13,18,21H,3-4,9-12H2,1-2H3. The molecule has 1 aromatic carbocycles. The van der Waals surface area contributed by atoms with Crippen molar-refractivity contribution in [1.29, 1.82) is 0 Å². The van der Waals surface area contributed by atoms with E-state index in [2.05, 4.69) is 35.9 Å². The van der Waals surface area contributed by atoms with E-state index in [0.29, 0.717) is 12.3 Å². The summed E-state index contributed by atoms with van der Waals surface area (Å²) in [6.07, 6.45) is 2.45. The number of para-hydroxylation sites is 2. The SMILES string of the molecule is CCC1CNCCC1(O)Cc1nc2ccccc2n1CC. The number of imidazole rings is 1. The predicted molar refractivity (Wildman–Crippen MR) is 85.3 cm³/mol. The molecule has 2 N–H and O–H groups in total. The molecule has 0 aliphatic carbocycles. The highest BCUT2D eigenvalue weighted by Gasteiger charge is 2.39. The lowest BCUT2D eigenvalue weighted by Gasteiger charge is -2.40. The molecule has 0 saturated carbocycles. The van der Waals surface area contributed by atoms with Crippen molar-refractivity contribution in [3.05, 3.63) is 30.1 Å². The minimum absolute atomic E-state index is 0.302. The van der Waals surface area contributed by atoms with Crippen molar-refractivity contribution in [3.8, 4) is 0 Å². The van der Waals surface area contributed by atoms with E-state index in [4.69, 9.17) is 4.98 Å². The number of aromatic nitrogens is 2. The maximum Gasteiger partial charge on any atom is 0.112 e. The molecule has 1 aliphatic rings. The number of benzene rings is 1. The van der Waals surface area contributed by atoms with E-state index in [1.54, 1.807) is 0 Å². The van der Waals surface area contributed by atoms with Crippen molar-refractivity contribution in [2.24, 2.45) is 5.92 Å². The largest absolute Gasteiger partial charge is 0.389 e. The fourth-order valence-electron chi connectivity index (χ4n) is 3.62. The van der Waals surface area contributed by atoms with Crippen LogP contribution in [0.25, 0.3) is 11.0 Å². The molecule has 0 radical (unpaired) electrons. The molecule has 2 unspecified atom stereocenters. The molecule has 0 amide bonds. The van der Waals surface area contributed by atoms with Gasteiger partial charge in [-0.25, -0.2) is 4.98 Å². The number of piperidine rings is 1. The molecule has 1 aliphatic heterocycles. The second kappa shape index (κ2) is 5.78. The van der Waals surface area contributed by atoms with Gasteiger partial charge in [0.2, 0.25) is 0 Å². The molecule has 1 saturated heterocycles. The number of aliphatic hydroxyl groups is 1. The van der Waals surface area contributed by atoms with Crippen molar-refractivity contribution in [3.63, 3.8) is 0 Å². The summed E-state index contributed by atoms with van der Waals surface area (Å²) in [5.41, 5.74) is 1.56. The Kier molecular flexibility index (Phi) is 4.00. The first-order valence-electron chi connectivity index (χ1n) is 8.05. The van der Waals surface area contributed by atoms with E-state index in [1.165, 1.54) is 5.52 Å². The van der Waals surface area contributed by atoms with Crippen LogP contribution in [0.1, 0.15) is 32.5 Å². The third-order valence-corrected chi connectivity index (χ3v) is 4.89. The van der Waals surface area contributed by atoms with Gasteiger partial charge in [-0.3, -0.25) is 0 Å². The van der Waals surface area contributed by atoms with Crippen LogP contribution >= 0.6 is 0 Å². The molecule has 0 spiro atoms. The van der Waals surface area contributed by atoms with Crippen molar-refractivity contribution >= 4 is 11.0 Å². The minimum atomic E-state index is -0.631. The van der Waals surface area contributed by atoms with Crippen LogP contribution in [-0.4, -0.2) is 33.3 Å². The Morgan fingerprint density at radius 2 is 2.19 bits per heavy atom. The number of aryl methyl sites for hydroxylation is 1. The Morgan fingerprint density at radius 3 is 2.95 bits per heavy atom. The van der Waals surface area contributed by atoms with Crippen molar-refractivity contribution in [1.82, 2.24) is 14.9 Å². The first-order chi connectivity index (χ1) is 10.2.